The molecule has 2 N–H and O–H groups in total. The van der Waals surface area contributed by atoms with E-state index >= 15 is 0 Å². The molecule has 0 spiro atoms. The highest BCUT2D eigenvalue weighted by molar-refractivity contribution is 5.73. The Hall–Kier alpha value is -3.55. The van der Waals surface area contributed by atoms with Crippen molar-refractivity contribution in [3.8, 4) is 17.6 Å². The Morgan fingerprint density at radius 3 is 2.86 bits per heavy atom. The van der Waals surface area contributed by atoms with Crippen molar-refractivity contribution in [1.82, 2.24) is 9.88 Å². The third kappa shape index (κ3) is 4.06. The van der Waals surface area contributed by atoms with Gasteiger partial charge in [0.05, 0.1) is 25.0 Å². The molecule has 2 heterocycles. The van der Waals surface area contributed by atoms with Crippen LogP contribution >= 0.6 is 0 Å². The monoisotopic (exact) mass is 385 g/mol. The van der Waals surface area contributed by atoms with E-state index in [2.05, 4.69) is 4.98 Å². The summed E-state index contributed by atoms with van der Waals surface area (Å²) in [6.07, 6.45) is 2.36. The van der Waals surface area contributed by atoms with Crippen LogP contribution in [-0.4, -0.2) is 16.0 Å². The molecular weight excluding hydrogens is 365 g/mol. The number of halogens is 1. The molecule has 28 heavy (non-hydrogen) atoms. The maximum Gasteiger partial charge on any atom is 0.415 e. The van der Waals surface area contributed by atoms with Crippen molar-refractivity contribution in [3.05, 3.63) is 65.8 Å². The van der Waals surface area contributed by atoms with Crippen LogP contribution in [-0.2, 0) is 13.1 Å². The standard InChI is InChI=1S/C18H14FN3O4.C2H6/c19-16-12(2-1-3-14(16)20)10-22-9-11-4-5-13(8-15(11)26-18(22)23)25-17-21-6-7-24-17;1-2/h1-8H,9-10,20H2;1-2H3. The van der Waals surface area contributed by atoms with E-state index in [1.54, 1.807) is 30.3 Å². The van der Waals surface area contributed by atoms with Gasteiger partial charge >= 0.3 is 12.2 Å². The van der Waals surface area contributed by atoms with Crippen LogP contribution in [0.15, 0.2) is 53.3 Å². The van der Waals surface area contributed by atoms with Gasteiger partial charge in [0.2, 0.25) is 0 Å². The second-order valence-electron chi connectivity index (χ2n) is 5.71. The van der Waals surface area contributed by atoms with Crippen molar-refractivity contribution in [2.45, 2.75) is 26.9 Å². The molecule has 1 aromatic heterocycles. The van der Waals surface area contributed by atoms with Gasteiger partial charge in [0.25, 0.3) is 0 Å². The van der Waals surface area contributed by atoms with E-state index in [0.717, 1.165) is 5.56 Å². The quantitative estimate of drug-likeness (QED) is 0.653. The number of carbonyl (C=O) groups is 1. The van der Waals surface area contributed by atoms with Gasteiger partial charge in [0.1, 0.15) is 17.8 Å². The molecule has 146 valence electrons. The summed E-state index contributed by atoms with van der Waals surface area (Å²) in [4.78, 5) is 17.5. The molecule has 0 saturated heterocycles. The molecule has 0 radical (unpaired) electrons. The van der Waals surface area contributed by atoms with E-state index in [0.29, 0.717) is 17.1 Å². The van der Waals surface area contributed by atoms with Gasteiger partial charge in [-0.3, -0.25) is 4.90 Å². The molecule has 8 heteroatoms. The Kier molecular flexibility index (Phi) is 5.78. The summed E-state index contributed by atoms with van der Waals surface area (Å²) >= 11 is 0. The molecular formula is C20H20FN3O4. The zero-order chi connectivity index (χ0) is 20.1. The first-order valence-electron chi connectivity index (χ1n) is 8.80. The molecule has 0 aliphatic carbocycles. The summed E-state index contributed by atoms with van der Waals surface area (Å²) in [6, 6.07) is 9.75. The second-order valence-corrected chi connectivity index (χ2v) is 5.71. The first kappa shape index (κ1) is 19.2. The van der Waals surface area contributed by atoms with E-state index in [-0.39, 0.29) is 24.9 Å². The van der Waals surface area contributed by atoms with Crippen molar-refractivity contribution >= 4 is 11.8 Å². The summed E-state index contributed by atoms with van der Waals surface area (Å²) in [5.74, 6) is 0.276. The number of nitrogens with zero attached hydrogens (tertiary/aromatic N) is 2. The number of benzene rings is 2. The first-order valence-corrected chi connectivity index (χ1v) is 8.80. The Labute approximate surface area is 161 Å². The average molecular weight is 385 g/mol. The van der Waals surface area contributed by atoms with Crippen molar-refractivity contribution in [3.63, 3.8) is 0 Å². The molecule has 1 aliphatic rings. The van der Waals surface area contributed by atoms with Gasteiger partial charge in [0.15, 0.2) is 5.82 Å². The van der Waals surface area contributed by atoms with Crippen molar-refractivity contribution in [1.29, 1.82) is 0 Å². The third-order valence-electron chi connectivity index (χ3n) is 3.94. The predicted octanol–water partition coefficient (Wildman–Crippen LogP) is 4.73. The number of carbonyl (C=O) groups excluding carboxylic acids is 1. The lowest BCUT2D eigenvalue weighted by Crippen LogP contribution is -2.36. The van der Waals surface area contributed by atoms with Gasteiger partial charge in [-0.25, -0.2) is 9.18 Å². The number of nitrogen functional groups attached to an aromatic ring is 1. The van der Waals surface area contributed by atoms with Crippen LogP contribution in [0.3, 0.4) is 0 Å². The Morgan fingerprint density at radius 2 is 2.11 bits per heavy atom. The van der Waals surface area contributed by atoms with E-state index in [9.17, 15) is 9.18 Å². The summed E-state index contributed by atoms with van der Waals surface area (Å²) in [7, 11) is 0. The van der Waals surface area contributed by atoms with Crippen molar-refractivity contribution < 1.29 is 23.1 Å². The molecule has 3 aromatic rings. The van der Waals surface area contributed by atoms with Crippen LogP contribution in [0.5, 0.6) is 17.6 Å². The van der Waals surface area contributed by atoms with Gasteiger partial charge in [-0.1, -0.05) is 26.0 Å². The second kappa shape index (κ2) is 8.43. The van der Waals surface area contributed by atoms with Crippen LogP contribution in [0.4, 0.5) is 14.9 Å². The number of amides is 1. The molecule has 4 rings (SSSR count). The minimum atomic E-state index is -0.576. The van der Waals surface area contributed by atoms with Crippen LogP contribution in [0.2, 0.25) is 0 Å². The SMILES string of the molecule is CC.Nc1cccc(CN2Cc3ccc(Oc4ncco4)cc3OC2=O)c1F. The van der Waals surface area contributed by atoms with E-state index in [1.165, 1.54) is 23.4 Å². The van der Waals surface area contributed by atoms with E-state index in [4.69, 9.17) is 19.6 Å². The van der Waals surface area contributed by atoms with Crippen LogP contribution in [0.25, 0.3) is 0 Å². The number of hydrogen-bond acceptors (Lipinski definition) is 6. The highest BCUT2D eigenvalue weighted by atomic mass is 19.1. The van der Waals surface area contributed by atoms with Crippen LogP contribution < -0.4 is 15.2 Å². The smallest absolute Gasteiger partial charge is 0.415 e. The number of hydrogen-bond donors (Lipinski definition) is 1. The lowest BCUT2D eigenvalue weighted by atomic mass is 10.1. The highest BCUT2D eigenvalue weighted by Crippen LogP contribution is 2.32. The first-order chi connectivity index (χ1) is 13.6. The Balaban J connectivity index is 0.00000109. The number of nitrogens with two attached hydrogens (primary N) is 1. The highest BCUT2D eigenvalue weighted by Gasteiger charge is 2.26. The fourth-order valence-corrected chi connectivity index (χ4v) is 2.66. The topological polar surface area (TPSA) is 90.8 Å². The van der Waals surface area contributed by atoms with Gasteiger partial charge in [-0.05, 0) is 18.2 Å². The molecule has 1 amide bonds. The summed E-state index contributed by atoms with van der Waals surface area (Å²) in [5.41, 5.74) is 6.72. The zero-order valence-electron chi connectivity index (χ0n) is 15.5. The largest absolute Gasteiger partial charge is 0.417 e. The molecule has 0 atom stereocenters. The van der Waals surface area contributed by atoms with Gasteiger partial charge in [-0.2, -0.15) is 4.98 Å². The fourth-order valence-electron chi connectivity index (χ4n) is 2.66. The molecule has 0 unspecified atom stereocenters. The lowest BCUT2D eigenvalue weighted by molar-refractivity contribution is 0.134. The Bertz CT molecular complexity index is 960. The summed E-state index contributed by atoms with van der Waals surface area (Å²) < 4.78 is 29.9. The minimum Gasteiger partial charge on any atom is -0.417 e. The van der Waals surface area contributed by atoms with E-state index < -0.39 is 11.9 Å². The van der Waals surface area contributed by atoms with Crippen LogP contribution in [0.1, 0.15) is 25.0 Å². The van der Waals surface area contributed by atoms with Crippen molar-refractivity contribution in [2.75, 3.05) is 5.73 Å². The van der Waals surface area contributed by atoms with Gasteiger partial charge in [-0.15, -0.1) is 0 Å². The predicted molar refractivity (Wildman–Crippen MR) is 100 cm³/mol. The number of oxazole rings is 1. The fraction of sp³-hybridized carbons (Fsp3) is 0.200. The summed E-state index contributed by atoms with van der Waals surface area (Å²) in [6.45, 7) is 4.34. The maximum absolute atomic E-state index is 14.1. The van der Waals surface area contributed by atoms with Gasteiger partial charge in [0, 0.05) is 17.2 Å². The van der Waals surface area contributed by atoms with Gasteiger partial charge < -0.3 is 19.6 Å². The number of aromatic nitrogens is 1. The van der Waals surface area contributed by atoms with E-state index in [1.807, 2.05) is 13.8 Å². The lowest BCUT2D eigenvalue weighted by Gasteiger charge is -2.28. The molecule has 7 nitrogen and oxygen atoms in total. The number of fused-ring (bicyclic) bond motifs is 1. The summed E-state index contributed by atoms with van der Waals surface area (Å²) in [5, 5.41) is 0. The molecule has 0 bridgehead atoms. The maximum atomic E-state index is 14.1. The molecule has 2 aromatic carbocycles. The molecule has 0 fully saturated rings. The molecule has 0 saturated carbocycles. The van der Waals surface area contributed by atoms with Crippen LogP contribution in [0, 0.1) is 5.82 Å². The molecule has 1 aliphatic heterocycles. The number of rotatable bonds is 4. The zero-order valence-corrected chi connectivity index (χ0v) is 15.5. The number of anilines is 1. The average Bonchev–Trinajstić information content (AvgIpc) is 3.21. The number of ether oxygens (including phenoxy) is 2. The Morgan fingerprint density at radius 1 is 1.29 bits per heavy atom. The van der Waals surface area contributed by atoms with Crippen molar-refractivity contribution in [2.24, 2.45) is 0 Å². The minimum absolute atomic E-state index is 0.0432. The normalized spacial score (nSPS) is 12.5. The third-order valence-corrected chi connectivity index (χ3v) is 3.94.